The standard InChI is InChI=1S/C12H13BrFN3O4/c1-21-11-7(2-6(13)3-15-11)10(18)16-9-5-17(12(19)20)4-8(9)14/h2-3,8-9H,4-5H2,1H3,(H,16,18)(H,19,20)/t8-,9+/m0/s1/i1D3. The van der Waals surface area contributed by atoms with Crippen molar-refractivity contribution in [1.29, 1.82) is 0 Å². The topological polar surface area (TPSA) is 91.8 Å². The van der Waals surface area contributed by atoms with Crippen molar-refractivity contribution >= 4 is 27.9 Å². The van der Waals surface area contributed by atoms with Gasteiger partial charge in [0.15, 0.2) is 0 Å². The largest absolute Gasteiger partial charge is 0.480 e. The van der Waals surface area contributed by atoms with Crippen LogP contribution in [0.5, 0.6) is 5.88 Å². The van der Waals surface area contributed by atoms with Crippen LogP contribution in [0.15, 0.2) is 16.7 Å². The van der Waals surface area contributed by atoms with Crippen molar-refractivity contribution in [2.24, 2.45) is 0 Å². The molecule has 1 aromatic rings. The lowest BCUT2D eigenvalue weighted by atomic mass is 10.2. The van der Waals surface area contributed by atoms with Crippen LogP contribution < -0.4 is 10.1 Å². The van der Waals surface area contributed by atoms with Gasteiger partial charge in [-0.3, -0.25) is 4.79 Å². The van der Waals surface area contributed by atoms with E-state index in [9.17, 15) is 14.0 Å². The van der Waals surface area contributed by atoms with Gasteiger partial charge in [-0.25, -0.2) is 14.2 Å². The van der Waals surface area contributed by atoms with E-state index >= 15 is 0 Å². The molecule has 0 saturated carbocycles. The average molecular weight is 365 g/mol. The molecule has 2 amide bonds. The average Bonchev–Trinajstić information content (AvgIpc) is 2.81. The smallest absolute Gasteiger partial charge is 0.407 e. The number of hydrogen-bond acceptors (Lipinski definition) is 4. The van der Waals surface area contributed by atoms with Gasteiger partial charge in [0.2, 0.25) is 5.88 Å². The number of nitrogens with one attached hydrogen (secondary N) is 1. The Kier molecular flexibility index (Phi) is 3.49. The van der Waals surface area contributed by atoms with Gasteiger partial charge < -0.3 is 20.1 Å². The summed E-state index contributed by atoms with van der Waals surface area (Å²) in [5, 5.41) is 11.2. The lowest BCUT2D eigenvalue weighted by molar-refractivity contribution is 0.0918. The third-order valence-corrected chi connectivity index (χ3v) is 3.43. The van der Waals surface area contributed by atoms with Gasteiger partial charge in [-0.15, -0.1) is 0 Å². The molecule has 9 heteroatoms. The highest BCUT2D eigenvalue weighted by molar-refractivity contribution is 9.10. The molecule has 2 atom stereocenters. The molecule has 2 N–H and O–H groups in total. The fourth-order valence-corrected chi connectivity index (χ4v) is 2.30. The predicted octanol–water partition coefficient (Wildman–Crippen LogP) is 1.28. The summed E-state index contributed by atoms with van der Waals surface area (Å²) in [5.74, 6) is -1.25. The molecule has 1 aliphatic heterocycles. The molecule has 1 fully saturated rings. The molecule has 1 saturated heterocycles. The molecule has 0 radical (unpaired) electrons. The number of methoxy groups -OCH3 is 1. The zero-order valence-electron chi connectivity index (χ0n) is 13.5. The van der Waals surface area contributed by atoms with Gasteiger partial charge in [0.25, 0.3) is 5.91 Å². The summed E-state index contributed by atoms with van der Waals surface area (Å²) in [6.45, 7) is -0.561. The van der Waals surface area contributed by atoms with Crippen molar-refractivity contribution in [1.82, 2.24) is 15.2 Å². The summed E-state index contributed by atoms with van der Waals surface area (Å²) in [5.41, 5.74) is -0.207. The van der Waals surface area contributed by atoms with Crippen LogP contribution in [0.1, 0.15) is 14.5 Å². The zero-order chi connectivity index (χ0) is 18.1. The van der Waals surface area contributed by atoms with Crippen molar-refractivity contribution in [2.75, 3.05) is 20.1 Å². The second kappa shape index (κ2) is 6.25. The summed E-state index contributed by atoms with van der Waals surface area (Å²) in [6, 6.07) is 0.230. The molecule has 1 aliphatic rings. The van der Waals surface area contributed by atoms with Gasteiger partial charge >= 0.3 is 6.09 Å². The van der Waals surface area contributed by atoms with Crippen LogP contribution in [0, 0.1) is 0 Å². The molecule has 0 spiro atoms. The second-order valence-corrected chi connectivity index (χ2v) is 5.31. The molecule has 2 rings (SSSR count). The number of carbonyl (C=O) groups is 2. The van der Waals surface area contributed by atoms with Crippen LogP contribution in [-0.4, -0.2) is 59.3 Å². The number of ether oxygens (including phenoxy) is 1. The van der Waals surface area contributed by atoms with E-state index in [2.05, 4.69) is 31.0 Å². The molecule has 0 aliphatic carbocycles. The number of likely N-dealkylation sites (tertiary alicyclic amines) is 1. The molecular weight excluding hydrogens is 349 g/mol. The van der Waals surface area contributed by atoms with Crippen molar-refractivity contribution in [3.05, 3.63) is 22.3 Å². The van der Waals surface area contributed by atoms with Crippen molar-refractivity contribution in [3.8, 4) is 5.88 Å². The van der Waals surface area contributed by atoms with Gasteiger partial charge in [0.1, 0.15) is 11.7 Å². The Hall–Kier alpha value is -1.90. The number of carbonyl (C=O) groups excluding carboxylic acids is 1. The summed E-state index contributed by atoms with van der Waals surface area (Å²) >= 11 is 3.10. The van der Waals surface area contributed by atoms with Crippen molar-refractivity contribution in [3.63, 3.8) is 0 Å². The highest BCUT2D eigenvalue weighted by Gasteiger charge is 2.36. The summed E-state index contributed by atoms with van der Waals surface area (Å²) in [4.78, 5) is 27.7. The fourth-order valence-electron chi connectivity index (χ4n) is 1.97. The molecule has 0 aromatic carbocycles. The Morgan fingerprint density at radius 3 is 3.05 bits per heavy atom. The molecule has 114 valence electrons. The minimum absolute atomic E-state index is 0.207. The first kappa shape index (κ1) is 11.7. The third kappa shape index (κ3) is 3.41. The number of halogens is 2. The number of aromatic nitrogens is 1. The van der Waals surface area contributed by atoms with Gasteiger partial charge in [0.05, 0.1) is 23.7 Å². The second-order valence-electron chi connectivity index (χ2n) is 4.39. The Morgan fingerprint density at radius 1 is 1.67 bits per heavy atom. The summed E-state index contributed by atoms with van der Waals surface area (Å²) < 4.78 is 40.2. The molecule has 21 heavy (non-hydrogen) atoms. The van der Waals surface area contributed by atoms with Crippen LogP contribution in [0.2, 0.25) is 0 Å². The lowest BCUT2D eigenvalue weighted by Gasteiger charge is -2.15. The van der Waals surface area contributed by atoms with Crippen LogP contribution >= 0.6 is 15.9 Å². The van der Waals surface area contributed by atoms with Crippen LogP contribution in [0.25, 0.3) is 0 Å². The first-order valence-corrected chi connectivity index (χ1v) is 6.63. The fraction of sp³-hybridized carbons (Fsp3) is 0.417. The summed E-state index contributed by atoms with van der Waals surface area (Å²) in [7, 11) is -2.81. The Morgan fingerprint density at radius 2 is 2.43 bits per heavy atom. The van der Waals surface area contributed by atoms with E-state index in [0.29, 0.717) is 4.47 Å². The van der Waals surface area contributed by atoms with E-state index < -0.39 is 37.1 Å². The number of pyridine rings is 1. The number of nitrogens with zero attached hydrogens (tertiary/aromatic N) is 2. The minimum atomic E-state index is -2.81. The van der Waals surface area contributed by atoms with E-state index in [4.69, 9.17) is 9.22 Å². The quantitative estimate of drug-likeness (QED) is 0.842. The zero-order valence-corrected chi connectivity index (χ0v) is 12.1. The van der Waals surface area contributed by atoms with E-state index in [0.717, 1.165) is 4.90 Å². The normalized spacial score (nSPS) is 23.9. The Balaban J connectivity index is 2.17. The van der Waals surface area contributed by atoms with Gasteiger partial charge in [-0.2, -0.15) is 0 Å². The monoisotopic (exact) mass is 364 g/mol. The van der Waals surface area contributed by atoms with Crippen LogP contribution in [0.4, 0.5) is 9.18 Å². The van der Waals surface area contributed by atoms with Crippen molar-refractivity contribution in [2.45, 2.75) is 12.2 Å². The molecule has 1 aromatic heterocycles. The maximum Gasteiger partial charge on any atom is 0.407 e. The maximum atomic E-state index is 13.9. The highest BCUT2D eigenvalue weighted by atomic mass is 79.9. The first-order valence-electron chi connectivity index (χ1n) is 7.34. The van der Waals surface area contributed by atoms with Gasteiger partial charge in [-0.1, -0.05) is 0 Å². The Labute approximate surface area is 132 Å². The highest BCUT2D eigenvalue weighted by Crippen LogP contribution is 2.21. The summed E-state index contributed by atoms with van der Waals surface area (Å²) in [6.07, 6.45) is -1.61. The molecule has 0 unspecified atom stereocenters. The lowest BCUT2D eigenvalue weighted by Crippen LogP contribution is -2.41. The maximum absolute atomic E-state index is 13.9. The molecular formula is C12H13BrFN3O4. The van der Waals surface area contributed by atoms with Crippen molar-refractivity contribution < 1.29 is 27.9 Å². The van der Waals surface area contributed by atoms with Gasteiger partial charge in [0, 0.05) is 17.2 Å². The molecule has 2 heterocycles. The Bertz CT molecular complexity index is 661. The minimum Gasteiger partial charge on any atom is -0.480 e. The van der Waals surface area contributed by atoms with E-state index in [1.54, 1.807) is 0 Å². The van der Waals surface area contributed by atoms with Crippen LogP contribution in [0.3, 0.4) is 0 Å². The number of hydrogen-bond donors (Lipinski definition) is 2. The molecule has 0 bridgehead atoms. The van der Waals surface area contributed by atoms with E-state index in [1.165, 1.54) is 12.3 Å². The number of alkyl halides is 1. The third-order valence-electron chi connectivity index (χ3n) is 2.99. The van der Waals surface area contributed by atoms with E-state index in [1.807, 2.05) is 0 Å². The predicted molar refractivity (Wildman–Crippen MR) is 74.2 cm³/mol. The number of rotatable bonds is 3. The molecule has 7 nitrogen and oxygen atoms in total. The number of amides is 2. The van der Waals surface area contributed by atoms with E-state index in [-0.39, 0.29) is 18.7 Å². The SMILES string of the molecule is [2H]C([2H])([2H])Oc1ncc(Br)cc1C(=O)N[C@@H]1CN(C(=O)O)C[C@@H]1F. The van der Waals surface area contributed by atoms with Gasteiger partial charge in [-0.05, 0) is 22.0 Å². The first-order chi connectivity index (χ1) is 11.1. The van der Waals surface area contributed by atoms with Crippen LogP contribution in [-0.2, 0) is 0 Å². The number of carboxylic acid groups (broad SMARTS) is 1.